The molecule has 0 fully saturated rings. The fraction of sp³-hybridized carbons (Fsp3) is 0.167. The molecule has 76 valence electrons. The van der Waals surface area contributed by atoms with E-state index in [0.717, 1.165) is 29.6 Å². The number of aromatic nitrogens is 2. The quantitative estimate of drug-likeness (QED) is 0.607. The topological polar surface area (TPSA) is 37.8 Å². The number of anilines is 1. The van der Waals surface area contributed by atoms with Crippen molar-refractivity contribution in [1.29, 1.82) is 0 Å². The molecular formula is C12H13N3. The molecule has 0 saturated carbocycles. The molecule has 1 aromatic carbocycles. The zero-order valence-corrected chi connectivity index (χ0v) is 8.48. The second-order valence-corrected chi connectivity index (χ2v) is 3.28. The lowest BCUT2D eigenvalue weighted by molar-refractivity contribution is 0.999. The third kappa shape index (κ3) is 2.13. The van der Waals surface area contributed by atoms with Crippen molar-refractivity contribution in [2.45, 2.75) is 6.42 Å². The highest BCUT2D eigenvalue weighted by molar-refractivity contribution is 5.90. The van der Waals surface area contributed by atoms with Gasteiger partial charge in [-0.1, -0.05) is 30.3 Å². The second kappa shape index (κ2) is 4.55. The largest absolute Gasteiger partial charge is 0.368 e. The third-order valence-electron chi connectivity index (χ3n) is 2.21. The van der Waals surface area contributed by atoms with Crippen LogP contribution in [0.4, 0.5) is 5.82 Å². The van der Waals surface area contributed by atoms with Crippen LogP contribution in [0.2, 0.25) is 0 Å². The molecule has 0 aliphatic heterocycles. The molecule has 0 unspecified atom stereocenters. The molecule has 1 N–H and O–H groups in total. The number of hydrogen-bond donors (Lipinski definition) is 1. The van der Waals surface area contributed by atoms with E-state index in [4.69, 9.17) is 0 Å². The molecule has 15 heavy (non-hydrogen) atoms. The summed E-state index contributed by atoms with van der Waals surface area (Å²) in [5, 5.41) is 13.5. The van der Waals surface area contributed by atoms with Gasteiger partial charge in [-0.2, -0.15) is 5.10 Å². The fourth-order valence-electron chi connectivity index (χ4n) is 1.45. The average Bonchev–Trinajstić information content (AvgIpc) is 2.30. The SMILES string of the molecule is C=CCCNc1nncc2ccccc12. The Bertz CT molecular complexity index is 460. The molecule has 0 aliphatic rings. The van der Waals surface area contributed by atoms with Crippen LogP contribution in [0.3, 0.4) is 0 Å². The minimum Gasteiger partial charge on any atom is -0.368 e. The molecule has 2 rings (SSSR count). The summed E-state index contributed by atoms with van der Waals surface area (Å²) in [6, 6.07) is 8.07. The predicted octanol–water partition coefficient (Wildman–Crippen LogP) is 2.62. The number of benzene rings is 1. The Morgan fingerprint density at radius 1 is 1.33 bits per heavy atom. The van der Waals surface area contributed by atoms with Crippen LogP contribution in [0.25, 0.3) is 10.8 Å². The number of fused-ring (bicyclic) bond motifs is 1. The first-order chi connectivity index (χ1) is 7.42. The Morgan fingerprint density at radius 2 is 2.20 bits per heavy atom. The summed E-state index contributed by atoms with van der Waals surface area (Å²) in [6.45, 7) is 4.52. The first-order valence-corrected chi connectivity index (χ1v) is 4.97. The minimum atomic E-state index is 0.839. The molecule has 0 saturated heterocycles. The molecule has 0 bridgehead atoms. The van der Waals surface area contributed by atoms with Gasteiger partial charge >= 0.3 is 0 Å². The first kappa shape index (κ1) is 9.65. The van der Waals surface area contributed by atoms with Crippen molar-refractivity contribution in [1.82, 2.24) is 10.2 Å². The van der Waals surface area contributed by atoms with Gasteiger partial charge in [-0.25, -0.2) is 0 Å². The van der Waals surface area contributed by atoms with Crippen LogP contribution in [-0.2, 0) is 0 Å². The fourth-order valence-corrected chi connectivity index (χ4v) is 1.45. The van der Waals surface area contributed by atoms with Gasteiger partial charge in [0.1, 0.15) is 0 Å². The zero-order valence-electron chi connectivity index (χ0n) is 8.48. The van der Waals surface area contributed by atoms with Crippen molar-refractivity contribution in [2.24, 2.45) is 0 Å². The molecule has 0 atom stereocenters. The maximum atomic E-state index is 4.08. The highest BCUT2D eigenvalue weighted by Crippen LogP contribution is 2.18. The lowest BCUT2D eigenvalue weighted by Gasteiger charge is -2.05. The van der Waals surface area contributed by atoms with Crippen LogP contribution in [-0.4, -0.2) is 16.7 Å². The summed E-state index contributed by atoms with van der Waals surface area (Å²) in [7, 11) is 0. The van der Waals surface area contributed by atoms with Crippen LogP contribution in [0.5, 0.6) is 0 Å². The zero-order chi connectivity index (χ0) is 10.5. The van der Waals surface area contributed by atoms with Crippen molar-refractivity contribution < 1.29 is 0 Å². The maximum Gasteiger partial charge on any atom is 0.156 e. The van der Waals surface area contributed by atoms with Crippen molar-refractivity contribution in [3.8, 4) is 0 Å². The van der Waals surface area contributed by atoms with E-state index < -0.39 is 0 Å². The summed E-state index contributed by atoms with van der Waals surface area (Å²) in [5.74, 6) is 0.843. The van der Waals surface area contributed by atoms with Crippen LogP contribution in [0, 0.1) is 0 Å². The van der Waals surface area contributed by atoms with Crippen molar-refractivity contribution in [3.05, 3.63) is 43.1 Å². The number of rotatable bonds is 4. The van der Waals surface area contributed by atoms with Gasteiger partial charge in [0.25, 0.3) is 0 Å². The lowest BCUT2D eigenvalue weighted by Crippen LogP contribution is -2.03. The summed E-state index contributed by atoms with van der Waals surface area (Å²) >= 11 is 0. The van der Waals surface area contributed by atoms with E-state index in [2.05, 4.69) is 22.1 Å². The number of hydrogen-bond acceptors (Lipinski definition) is 3. The Kier molecular flexibility index (Phi) is 2.93. The van der Waals surface area contributed by atoms with Gasteiger partial charge in [-0.05, 0) is 6.42 Å². The Labute approximate surface area is 88.8 Å². The lowest BCUT2D eigenvalue weighted by atomic mass is 10.2. The van der Waals surface area contributed by atoms with E-state index in [1.165, 1.54) is 0 Å². The molecular weight excluding hydrogens is 186 g/mol. The summed E-state index contributed by atoms with van der Waals surface area (Å²) in [6.07, 6.45) is 4.57. The van der Waals surface area contributed by atoms with E-state index in [1.54, 1.807) is 6.20 Å². The van der Waals surface area contributed by atoms with Gasteiger partial charge in [0, 0.05) is 17.3 Å². The molecule has 3 heteroatoms. The number of nitrogens with zero attached hydrogens (tertiary/aromatic N) is 2. The van der Waals surface area contributed by atoms with Gasteiger partial charge in [-0.3, -0.25) is 0 Å². The highest BCUT2D eigenvalue weighted by Gasteiger charge is 2.00. The smallest absolute Gasteiger partial charge is 0.156 e. The molecule has 3 nitrogen and oxygen atoms in total. The highest BCUT2D eigenvalue weighted by atomic mass is 15.2. The average molecular weight is 199 g/mol. The van der Waals surface area contributed by atoms with Crippen molar-refractivity contribution >= 4 is 16.6 Å². The predicted molar refractivity (Wildman–Crippen MR) is 62.8 cm³/mol. The van der Waals surface area contributed by atoms with E-state index in [9.17, 15) is 0 Å². The van der Waals surface area contributed by atoms with Gasteiger partial charge in [0.15, 0.2) is 5.82 Å². The Morgan fingerprint density at radius 3 is 3.07 bits per heavy atom. The van der Waals surface area contributed by atoms with Gasteiger partial charge in [0.2, 0.25) is 0 Å². The van der Waals surface area contributed by atoms with E-state index in [0.29, 0.717) is 0 Å². The van der Waals surface area contributed by atoms with Gasteiger partial charge < -0.3 is 5.32 Å². The number of nitrogens with one attached hydrogen (secondary N) is 1. The summed E-state index contributed by atoms with van der Waals surface area (Å²) in [4.78, 5) is 0. The van der Waals surface area contributed by atoms with Crippen LogP contribution < -0.4 is 5.32 Å². The summed E-state index contributed by atoms with van der Waals surface area (Å²) in [5.41, 5.74) is 0. The third-order valence-corrected chi connectivity index (χ3v) is 2.21. The van der Waals surface area contributed by atoms with Crippen LogP contribution in [0.1, 0.15) is 6.42 Å². The van der Waals surface area contributed by atoms with Gasteiger partial charge in [-0.15, -0.1) is 11.7 Å². The molecule has 1 aromatic heterocycles. The monoisotopic (exact) mass is 199 g/mol. The molecule has 2 aromatic rings. The Hall–Kier alpha value is -1.90. The van der Waals surface area contributed by atoms with E-state index in [1.807, 2.05) is 30.3 Å². The minimum absolute atomic E-state index is 0.839. The molecule has 0 radical (unpaired) electrons. The summed E-state index contributed by atoms with van der Waals surface area (Å²) < 4.78 is 0. The molecule has 0 spiro atoms. The first-order valence-electron chi connectivity index (χ1n) is 4.97. The molecule has 0 aliphatic carbocycles. The molecule has 1 heterocycles. The van der Waals surface area contributed by atoms with Crippen LogP contribution in [0.15, 0.2) is 43.1 Å². The molecule has 0 amide bonds. The normalized spacial score (nSPS) is 10.1. The Balaban J connectivity index is 2.30. The van der Waals surface area contributed by atoms with Crippen molar-refractivity contribution in [2.75, 3.05) is 11.9 Å². The second-order valence-electron chi connectivity index (χ2n) is 3.28. The maximum absolute atomic E-state index is 4.08. The van der Waals surface area contributed by atoms with Gasteiger partial charge in [0.05, 0.1) is 6.20 Å². The van der Waals surface area contributed by atoms with E-state index >= 15 is 0 Å². The van der Waals surface area contributed by atoms with Crippen molar-refractivity contribution in [3.63, 3.8) is 0 Å². The standard InChI is InChI=1S/C12H13N3/c1-2-3-8-13-12-11-7-5-4-6-10(11)9-14-15-12/h2,4-7,9H,1,3,8H2,(H,13,15). The van der Waals surface area contributed by atoms with E-state index in [-0.39, 0.29) is 0 Å². The van der Waals surface area contributed by atoms with Crippen LogP contribution >= 0.6 is 0 Å².